The summed E-state index contributed by atoms with van der Waals surface area (Å²) < 4.78 is 0. The SMILES string of the molecule is C[C@@H]1CCc2c(sc3ncnc(SCC(=O)Nc4sccc4C#N)c23)C1. The van der Waals surface area contributed by atoms with Crippen LogP contribution in [0.15, 0.2) is 22.8 Å². The topological polar surface area (TPSA) is 78.7 Å². The largest absolute Gasteiger partial charge is 0.316 e. The van der Waals surface area contributed by atoms with Crippen LogP contribution in [-0.4, -0.2) is 21.6 Å². The Morgan fingerprint density at radius 1 is 1.50 bits per heavy atom. The number of nitrogens with zero attached hydrogens (tertiary/aromatic N) is 3. The molecule has 1 aliphatic rings. The van der Waals surface area contributed by atoms with Crippen molar-refractivity contribution in [1.82, 2.24) is 9.97 Å². The lowest BCUT2D eigenvalue weighted by molar-refractivity contribution is -0.113. The molecule has 0 aromatic carbocycles. The van der Waals surface area contributed by atoms with Gasteiger partial charge in [-0.2, -0.15) is 5.26 Å². The van der Waals surface area contributed by atoms with Crippen LogP contribution in [0.2, 0.25) is 0 Å². The van der Waals surface area contributed by atoms with Gasteiger partial charge in [-0.1, -0.05) is 18.7 Å². The predicted octanol–water partition coefficient (Wildman–Crippen LogP) is 4.48. The van der Waals surface area contributed by atoms with E-state index in [1.54, 1.807) is 29.1 Å². The molecule has 4 rings (SSSR count). The lowest BCUT2D eigenvalue weighted by Crippen LogP contribution is -2.14. The third-order valence-corrected chi connectivity index (χ3v) is 7.42. The predicted molar refractivity (Wildman–Crippen MR) is 107 cm³/mol. The summed E-state index contributed by atoms with van der Waals surface area (Å²) in [5, 5.41) is 16.3. The monoisotopic (exact) mass is 400 g/mol. The first kappa shape index (κ1) is 17.5. The number of nitrogens with one attached hydrogen (secondary N) is 1. The van der Waals surface area contributed by atoms with E-state index in [2.05, 4.69) is 28.3 Å². The molecule has 1 aliphatic carbocycles. The first-order valence-corrected chi connectivity index (χ1v) is 11.0. The van der Waals surface area contributed by atoms with Crippen LogP contribution in [0, 0.1) is 17.2 Å². The number of nitriles is 1. The van der Waals surface area contributed by atoms with Gasteiger partial charge < -0.3 is 5.32 Å². The first-order valence-electron chi connectivity index (χ1n) is 8.31. The van der Waals surface area contributed by atoms with E-state index in [0.29, 0.717) is 16.5 Å². The minimum atomic E-state index is -0.126. The number of amides is 1. The number of carbonyl (C=O) groups is 1. The standard InChI is InChI=1S/C18H16N4OS3/c1-10-2-3-12-13(6-10)26-18-15(12)17(20-9-21-18)25-8-14(23)22-16-11(7-19)4-5-24-16/h4-5,9-10H,2-3,6,8H2,1H3,(H,22,23)/t10-/m1/s1. The van der Waals surface area contributed by atoms with Crippen LogP contribution in [0.1, 0.15) is 29.3 Å². The molecule has 3 heterocycles. The molecule has 0 radical (unpaired) electrons. The molecule has 1 atom stereocenters. The number of carbonyl (C=O) groups excluding carboxylic acids is 1. The van der Waals surface area contributed by atoms with Crippen molar-refractivity contribution in [3.8, 4) is 6.07 Å². The van der Waals surface area contributed by atoms with Crippen molar-refractivity contribution in [3.63, 3.8) is 0 Å². The Labute approximate surface area is 163 Å². The molecular weight excluding hydrogens is 384 g/mol. The Balaban J connectivity index is 1.53. The molecule has 0 saturated carbocycles. The third-order valence-electron chi connectivity index (χ3n) is 4.44. The van der Waals surface area contributed by atoms with Crippen molar-refractivity contribution >= 4 is 55.6 Å². The zero-order chi connectivity index (χ0) is 18.1. The van der Waals surface area contributed by atoms with E-state index in [1.165, 1.54) is 40.0 Å². The number of hydrogen-bond acceptors (Lipinski definition) is 7. The van der Waals surface area contributed by atoms with Gasteiger partial charge in [0.2, 0.25) is 5.91 Å². The molecule has 132 valence electrons. The normalized spacial score (nSPS) is 16.2. The van der Waals surface area contributed by atoms with E-state index >= 15 is 0 Å². The first-order chi connectivity index (χ1) is 12.7. The Kier molecular flexibility index (Phi) is 4.94. The van der Waals surface area contributed by atoms with Gasteiger partial charge in [0.25, 0.3) is 0 Å². The van der Waals surface area contributed by atoms with Gasteiger partial charge in [-0.25, -0.2) is 9.97 Å². The van der Waals surface area contributed by atoms with Gasteiger partial charge in [0.1, 0.15) is 27.3 Å². The zero-order valence-corrected chi connectivity index (χ0v) is 16.6. The molecule has 0 fully saturated rings. The molecule has 0 saturated heterocycles. The summed E-state index contributed by atoms with van der Waals surface area (Å²) >= 11 is 4.56. The Bertz CT molecular complexity index is 1020. The fraction of sp³-hybridized carbons (Fsp3) is 0.333. The minimum Gasteiger partial charge on any atom is -0.316 e. The highest BCUT2D eigenvalue weighted by Gasteiger charge is 2.23. The Morgan fingerprint density at radius 2 is 2.38 bits per heavy atom. The fourth-order valence-electron chi connectivity index (χ4n) is 3.15. The van der Waals surface area contributed by atoms with Crippen LogP contribution in [0.4, 0.5) is 5.00 Å². The molecule has 0 aliphatic heterocycles. The van der Waals surface area contributed by atoms with Gasteiger partial charge in [-0.15, -0.1) is 22.7 Å². The number of thiophene rings is 2. The van der Waals surface area contributed by atoms with Crippen LogP contribution < -0.4 is 5.32 Å². The maximum Gasteiger partial charge on any atom is 0.235 e. The van der Waals surface area contributed by atoms with Gasteiger partial charge in [0.15, 0.2) is 0 Å². The molecule has 3 aromatic heterocycles. The quantitative estimate of drug-likeness (QED) is 0.516. The molecule has 0 unspecified atom stereocenters. The molecule has 0 spiro atoms. The summed E-state index contributed by atoms with van der Waals surface area (Å²) in [5.41, 5.74) is 1.87. The zero-order valence-electron chi connectivity index (χ0n) is 14.1. The van der Waals surface area contributed by atoms with Crippen molar-refractivity contribution in [1.29, 1.82) is 5.26 Å². The maximum atomic E-state index is 12.3. The molecule has 0 bridgehead atoms. The Hall–Kier alpha value is -1.95. The minimum absolute atomic E-state index is 0.126. The summed E-state index contributed by atoms with van der Waals surface area (Å²) in [4.78, 5) is 23.6. The number of aryl methyl sites for hydroxylation is 1. The van der Waals surface area contributed by atoms with Gasteiger partial charge in [0, 0.05) is 10.3 Å². The number of aromatic nitrogens is 2. The van der Waals surface area contributed by atoms with E-state index < -0.39 is 0 Å². The number of rotatable bonds is 4. The van der Waals surface area contributed by atoms with Crippen LogP contribution in [-0.2, 0) is 17.6 Å². The van der Waals surface area contributed by atoms with Crippen LogP contribution in [0.25, 0.3) is 10.2 Å². The summed E-state index contributed by atoms with van der Waals surface area (Å²) in [5.74, 6) is 0.847. The van der Waals surface area contributed by atoms with Crippen LogP contribution in [0.5, 0.6) is 0 Å². The van der Waals surface area contributed by atoms with E-state index in [-0.39, 0.29) is 11.7 Å². The lowest BCUT2D eigenvalue weighted by Gasteiger charge is -2.18. The molecule has 5 nitrogen and oxygen atoms in total. The van der Waals surface area contributed by atoms with Crippen molar-refractivity contribution in [2.75, 3.05) is 11.1 Å². The van der Waals surface area contributed by atoms with E-state index in [0.717, 1.165) is 28.1 Å². The number of hydrogen-bond donors (Lipinski definition) is 1. The van der Waals surface area contributed by atoms with E-state index in [4.69, 9.17) is 5.26 Å². The third kappa shape index (κ3) is 3.34. The van der Waals surface area contributed by atoms with Crippen LogP contribution in [0.3, 0.4) is 0 Å². The second-order valence-electron chi connectivity index (χ2n) is 6.32. The maximum absolute atomic E-state index is 12.3. The van der Waals surface area contributed by atoms with Crippen molar-refractivity contribution in [2.24, 2.45) is 5.92 Å². The molecular formula is C18H16N4OS3. The molecule has 3 aromatic rings. The second kappa shape index (κ2) is 7.35. The number of anilines is 1. The molecule has 1 N–H and O–H groups in total. The smallest absolute Gasteiger partial charge is 0.235 e. The van der Waals surface area contributed by atoms with E-state index in [9.17, 15) is 4.79 Å². The molecule has 8 heteroatoms. The van der Waals surface area contributed by atoms with Crippen LogP contribution >= 0.6 is 34.4 Å². The van der Waals surface area contributed by atoms with Gasteiger partial charge in [0.05, 0.1) is 11.3 Å². The molecule has 1 amide bonds. The van der Waals surface area contributed by atoms with Gasteiger partial charge in [-0.3, -0.25) is 4.79 Å². The average Bonchev–Trinajstić information content (AvgIpc) is 3.23. The fourth-order valence-corrected chi connectivity index (χ4v) is 6.14. The highest BCUT2D eigenvalue weighted by atomic mass is 32.2. The lowest BCUT2D eigenvalue weighted by atomic mass is 9.89. The summed E-state index contributed by atoms with van der Waals surface area (Å²) in [6, 6.07) is 3.79. The highest BCUT2D eigenvalue weighted by molar-refractivity contribution is 8.00. The van der Waals surface area contributed by atoms with Gasteiger partial charge >= 0.3 is 0 Å². The molecule has 26 heavy (non-hydrogen) atoms. The number of fused-ring (bicyclic) bond motifs is 3. The van der Waals surface area contributed by atoms with E-state index in [1.807, 2.05) is 0 Å². The van der Waals surface area contributed by atoms with Crippen molar-refractivity contribution in [3.05, 3.63) is 33.8 Å². The second-order valence-corrected chi connectivity index (χ2v) is 9.29. The summed E-state index contributed by atoms with van der Waals surface area (Å²) in [6.07, 6.45) is 4.94. The van der Waals surface area contributed by atoms with Gasteiger partial charge in [-0.05, 0) is 42.2 Å². The highest BCUT2D eigenvalue weighted by Crippen LogP contribution is 2.40. The number of thioether (sulfide) groups is 1. The summed E-state index contributed by atoms with van der Waals surface area (Å²) in [7, 11) is 0. The average molecular weight is 401 g/mol. The Morgan fingerprint density at radius 3 is 3.23 bits per heavy atom. The summed E-state index contributed by atoms with van der Waals surface area (Å²) in [6.45, 7) is 2.29. The van der Waals surface area contributed by atoms with Crippen molar-refractivity contribution < 1.29 is 4.79 Å². The van der Waals surface area contributed by atoms with Crippen molar-refractivity contribution in [2.45, 2.75) is 31.2 Å².